The summed E-state index contributed by atoms with van der Waals surface area (Å²) in [7, 11) is 0. The maximum atomic E-state index is 12.4. The average molecular weight is 322 g/mol. The Labute approximate surface area is 142 Å². The van der Waals surface area contributed by atoms with Crippen molar-refractivity contribution in [3.8, 4) is 11.1 Å². The topological polar surface area (TPSA) is 49.4 Å². The molecule has 124 valence electrons. The molecule has 0 bridgehead atoms. The summed E-state index contributed by atoms with van der Waals surface area (Å²) in [5.41, 5.74) is 2.81. The van der Waals surface area contributed by atoms with Crippen LogP contribution in [0, 0.1) is 0 Å². The van der Waals surface area contributed by atoms with Crippen LogP contribution in [-0.2, 0) is 9.59 Å². The Morgan fingerprint density at radius 2 is 1.71 bits per heavy atom. The zero-order valence-electron chi connectivity index (χ0n) is 13.7. The molecule has 0 saturated carbocycles. The van der Waals surface area contributed by atoms with Crippen LogP contribution in [-0.4, -0.2) is 29.8 Å². The van der Waals surface area contributed by atoms with Crippen LogP contribution < -0.4 is 5.32 Å². The Morgan fingerprint density at radius 1 is 0.958 bits per heavy atom. The van der Waals surface area contributed by atoms with Crippen molar-refractivity contribution in [3.63, 3.8) is 0 Å². The highest BCUT2D eigenvalue weighted by atomic mass is 16.2. The molecule has 3 rings (SSSR count). The van der Waals surface area contributed by atoms with Gasteiger partial charge in [-0.05, 0) is 24.5 Å². The number of para-hydroxylation sites is 1. The van der Waals surface area contributed by atoms with Gasteiger partial charge in [-0.25, -0.2) is 0 Å². The van der Waals surface area contributed by atoms with E-state index < -0.39 is 0 Å². The van der Waals surface area contributed by atoms with Gasteiger partial charge < -0.3 is 10.2 Å². The van der Waals surface area contributed by atoms with Crippen LogP contribution in [0.4, 0.5) is 5.69 Å². The third-order valence-electron chi connectivity index (χ3n) is 4.29. The molecule has 0 unspecified atom stereocenters. The van der Waals surface area contributed by atoms with Crippen LogP contribution in [0.5, 0.6) is 0 Å². The van der Waals surface area contributed by atoms with E-state index in [1.807, 2.05) is 54.6 Å². The third-order valence-corrected chi connectivity index (χ3v) is 4.29. The lowest BCUT2D eigenvalue weighted by Crippen LogP contribution is -2.37. The predicted octanol–water partition coefficient (Wildman–Crippen LogP) is 3.69. The van der Waals surface area contributed by atoms with Crippen LogP contribution in [0.2, 0.25) is 0 Å². The van der Waals surface area contributed by atoms with E-state index in [1.165, 1.54) is 0 Å². The first-order chi connectivity index (χ1) is 11.7. The highest BCUT2D eigenvalue weighted by Gasteiger charge is 2.19. The molecule has 2 aromatic rings. The molecular formula is C20H22N2O2. The first-order valence-corrected chi connectivity index (χ1v) is 8.46. The van der Waals surface area contributed by atoms with E-state index >= 15 is 0 Å². The number of carbonyl (C=O) groups is 2. The molecule has 4 heteroatoms. The fourth-order valence-corrected chi connectivity index (χ4v) is 3.03. The van der Waals surface area contributed by atoms with Gasteiger partial charge in [0.15, 0.2) is 0 Å². The molecule has 1 heterocycles. The van der Waals surface area contributed by atoms with Gasteiger partial charge in [-0.1, -0.05) is 55.0 Å². The number of rotatable bonds is 4. The summed E-state index contributed by atoms with van der Waals surface area (Å²) in [6, 6.07) is 17.7. The molecule has 0 radical (unpaired) electrons. The van der Waals surface area contributed by atoms with Crippen LogP contribution in [0.25, 0.3) is 11.1 Å². The quantitative estimate of drug-likeness (QED) is 0.933. The number of hydrogen-bond acceptors (Lipinski definition) is 2. The first-order valence-electron chi connectivity index (χ1n) is 8.46. The Balaban J connectivity index is 1.72. The fourth-order valence-electron chi connectivity index (χ4n) is 3.03. The van der Waals surface area contributed by atoms with Crippen molar-refractivity contribution in [1.29, 1.82) is 0 Å². The molecule has 1 saturated heterocycles. The van der Waals surface area contributed by atoms with E-state index in [4.69, 9.17) is 0 Å². The monoisotopic (exact) mass is 322 g/mol. The van der Waals surface area contributed by atoms with Gasteiger partial charge in [-0.15, -0.1) is 0 Å². The lowest BCUT2D eigenvalue weighted by atomic mass is 10.0. The van der Waals surface area contributed by atoms with Gasteiger partial charge in [-0.2, -0.15) is 0 Å². The average Bonchev–Trinajstić information content (AvgIpc) is 2.81. The molecule has 2 aromatic carbocycles. The number of nitrogens with one attached hydrogen (secondary N) is 1. The van der Waals surface area contributed by atoms with E-state index in [-0.39, 0.29) is 18.4 Å². The molecule has 0 spiro atoms. The third kappa shape index (κ3) is 4.02. The number of nitrogens with zero attached hydrogens (tertiary/aromatic N) is 1. The number of anilines is 1. The van der Waals surface area contributed by atoms with Crippen LogP contribution in [0.15, 0.2) is 54.6 Å². The zero-order chi connectivity index (χ0) is 16.8. The standard InChI is InChI=1S/C20H22N2O2/c23-19(15-22-14-8-2-5-13-20(22)24)21-18-12-7-6-11-17(18)16-9-3-1-4-10-16/h1,3-4,6-7,9-12H,2,5,8,13-15H2,(H,21,23). The molecule has 0 aliphatic carbocycles. The van der Waals surface area contributed by atoms with Gasteiger partial charge in [0, 0.05) is 24.2 Å². The number of benzene rings is 2. The second kappa shape index (κ2) is 7.77. The second-order valence-corrected chi connectivity index (χ2v) is 6.09. The normalized spacial score (nSPS) is 15.0. The van der Waals surface area contributed by atoms with Gasteiger partial charge in [0.1, 0.15) is 0 Å². The lowest BCUT2D eigenvalue weighted by molar-refractivity contribution is -0.134. The maximum absolute atomic E-state index is 12.4. The van der Waals surface area contributed by atoms with Gasteiger partial charge >= 0.3 is 0 Å². The predicted molar refractivity (Wildman–Crippen MR) is 95.6 cm³/mol. The molecule has 1 aliphatic rings. The Kier molecular flexibility index (Phi) is 5.26. The van der Waals surface area contributed by atoms with E-state index in [0.29, 0.717) is 13.0 Å². The number of amides is 2. The molecule has 2 amide bonds. The minimum Gasteiger partial charge on any atom is -0.333 e. The Hall–Kier alpha value is -2.62. The van der Waals surface area contributed by atoms with Gasteiger partial charge in [0.2, 0.25) is 11.8 Å². The summed E-state index contributed by atoms with van der Waals surface area (Å²) in [4.78, 5) is 26.1. The summed E-state index contributed by atoms with van der Waals surface area (Å²) in [6.45, 7) is 0.800. The van der Waals surface area contributed by atoms with E-state index in [1.54, 1.807) is 4.90 Å². The van der Waals surface area contributed by atoms with E-state index in [2.05, 4.69) is 5.32 Å². The smallest absolute Gasteiger partial charge is 0.244 e. The van der Waals surface area contributed by atoms with Crippen LogP contribution in [0.3, 0.4) is 0 Å². The van der Waals surface area contributed by atoms with Crippen molar-refractivity contribution < 1.29 is 9.59 Å². The largest absolute Gasteiger partial charge is 0.333 e. The number of carbonyl (C=O) groups excluding carboxylic acids is 2. The van der Waals surface area contributed by atoms with Crippen molar-refractivity contribution in [3.05, 3.63) is 54.6 Å². The van der Waals surface area contributed by atoms with Crippen molar-refractivity contribution in [1.82, 2.24) is 4.90 Å². The van der Waals surface area contributed by atoms with Gasteiger partial charge in [0.05, 0.1) is 6.54 Å². The second-order valence-electron chi connectivity index (χ2n) is 6.09. The maximum Gasteiger partial charge on any atom is 0.244 e. The summed E-state index contributed by atoms with van der Waals surface area (Å²) < 4.78 is 0. The minimum atomic E-state index is -0.145. The molecule has 0 aromatic heterocycles. The number of hydrogen-bond donors (Lipinski definition) is 1. The van der Waals surface area contributed by atoms with E-state index in [0.717, 1.165) is 36.1 Å². The summed E-state index contributed by atoms with van der Waals surface area (Å²) in [5, 5.41) is 2.96. The molecular weight excluding hydrogens is 300 g/mol. The van der Waals surface area contributed by atoms with Crippen molar-refractivity contribution in [2.45, 2.75) is 25.7 Å². The van der Waals surface area contributed by atoms with Crippen LogP contribution in [0.1, 0.15) is 25.7 Å². The van der Waals surface area contributed by atoms with E-state index in [9.17, 15) is 9.59 Å². The highest BCUT2D eigenvalue weighted by Crippen LogP contribution is 2.27. The van der Waals surface area contributed by atoms with Crippen molar-refractivity contribution in [2.75, 3.05) is 18.4 Å². The van der Waals surface area contributed by atoms with Gasteiger partial charge in [-0.3, -0.25) is 9.59 Å². The molecule has 1 fully saturated rings. The van der Waals surface area contributed by atoms with Gasteiger partial charge in [0.25, 0.3) is 0 Å². The SMILES string of the molecule is O=C(CN1CCCCCC1=O)Nc1ccccc1-c1ccccc1. The lowest BCUT2D eigenvalue weighted by Gasteiger charge is -2.20. The Morgan fingerprint density at radius 3 is 2.54 bits per heavy atom. The zero-order valence-corrected chi connectivity index (χ0v) is 13.7. The molecule has 0 atom stereocenters. The molecule has 1 aliphatic heterocycles. The van der Waals surface area contributed by atoms with Crippen molar-refractivity contribution >= 4 is 17.5 Å². The molecule has 24 heavy (non-hydrogen) atoms. The fraction of sp³-hybridized carbons (Fsp3) is 0.300. The first kappa shape index (κ1) is 16.2. The number of likely N-dealkylation sites (tertiary alicyclic amines) is 1. The summed E-state index contributed by atoms with van der Waals surface area (Å²) in [6.07, 6.45) is 3.50. The summed E-state index contributed by atoms with van der Waals surface area (Å²) in [5.74, 6) is -0.0624. The molecule has 4 nitrogen and oxygen atoms in total. The molecule has 1 N–H and O–H groups in total. The highest BCUT2D eigenvalue weighted by molar-refractivity contribution is 5.98. The minimum absolute atomic E-state index is 0.0824. The van der Waals surface area contributed by atoms with Crippen LogP contribution >= 0.6 is 0 Å². The Bertz CT molecular complexity index is 713. The van der Waals surface area contributed by atoms with Crippen molar-refractivity contribution in [2.24, 2.45) is 0 Å². The summed E-state index contributed by atoms with van der Waals surface area (Å²) >= 11 is 0.